The van der Waals surface area contributed by atoms with Crippen molar-refractivity contribution in [1.29, 1.82) is 0 Å². The van der Waals surface area contributed by atoms with Gasteiger partial charge in [0.05, 0.1) is 8.68 Å². The van der Waals surface area contributed by atoms with Gasteiger partial charge in [-0.25, -0.2) is 8.42 Å². The maximum absolute atomic E-state index is 11.4. The molecule has 6 heteroatoms. The highest BCUT2D eigenvalue weighted by atomic mass is 79.9. The Kier molecular flexibility index (Phi) is 4.09. The third-order valence-electron chi connectivity index (χ3n) is 2.38. The Hall–Kier alpha value is -0.850. The molecular formula is C12H12BrNO2S2. The number of rotatable bonds is 4. The molecule has 0 fully saturated rings. The Morgan fingerprint density at radius 3 is 2.72 bits per heavy atom. The Morgan fingerprint density at radius 1 is 1.33 bits per heavy atom. The largest absolute Gasteiger partial charge is 0.381 e. The first-order valence-corrected chi connectivity index (χ1v) is 8.78. The van der Waals surface area contributed by atoms with Gasteiger partial charge in [-0.05, 0) is 51.1 Å². The molecule has 1 heterocycles. The number of thiophene rings is 1. The van der Waals surface area contributed by atoms with Crippen LogP contribution in [-0.2, 0) is 16.4 Å². The first-order chi connectivity index (χ1) is 8.45. The third-order valence-corrected chi connectivity index (χ3v) is 5.04. The molecule has 1 aromatic carbocycles. The van der Waals surface area contributed by atoms with Gasteiger partial charge in [0, 0.05) is 18.5 Å². The number of sulfone groups is 1. The van der Waals surface area contributed by atoms with Crippen LogP contribution in [0.15, 0.2) is 44.4 Å². The van der Waals surface area contributed by atoms with Gasteiger partial charge in [0.15, 0.2) is 9.84 Å². The van der Waals surface area contributed by atoms with Gasteiger partial charge in [0.2, 0.25) is 0 Å². The zero-order chi connectivity index (χ0) is 13.2. The lowest BCUT2D eigenvalue weighted by Gasteiger charge is -2.06. The summed E-state index contributed by atoms with van der Waals surface area (Å²) in [6, 6.07) is 8.88. The van der Waals surface area contributed by atoms with E-state index in [0.29, 0.717) is 11.4 Å². The van der Waals surface area contributed by atoms with E-state index in [-0.39, 0.29) is 0 Å². The summed E-state index contributed by atoms with van der Waals surface area (Å²) >= 11 is 5.04. The van der Waals surface area contributed by atoms with Crippen molar-refractivity contribution in [2.24, 2.45) is 0 Å². The quantitative estimate of drug-likeness (QED) is 0.921. The van der Waals surface area contributed by atoms with Crippen LogP contribution in [0.4, 0.5) is 5.69 Å². The van der Waals surface area contributed by atoms with Crippen molar-refractivity contribution in [3.8, 4) is 0 Å². The Labute approximate surface area is 119 Å². The summed E-state index contributed by atoms with van der Waals surface area (Å²) in [7, 11) is -3.15. The summed E-state index contributed by atoms with van der Waals surface area (Å²) in [5.74, 6) is 0. The van der Waals surface area contributed by atoms with Crippen LogP contribution in [0.5, 0.6) is 0 Å². The molecule has 0 aliphatic rings. The summed E-state index contributed by atoms with van der Waals surface area (Å²) in [6.45, 7) is 0.676. The summed E-state index contributed by atoms with van der Waals surface area (Å²) in [5.41, 5.74) is 1.97. The lowest BCUT2D eigenvalue weighted by molar-refractivity contribution is 0.602. The van der Waals surface area contributed by atoms with Crippen molar-refractivity contribution in [2.45, 2.75) is 11.4 Å². The van der Waals surface area contributed by atoms with Crippen molar-refractivity contribution in [1.82, 2.24) is 0 Å². The molecule has 0 aliphatic carbocycles. The fourth-order valence-corrected chi connectivity index (χ4v) is 3.36. The minimum atomic E-state index is -3.15. The molecule has 1 N–H and O–H groups in total. The summed E-state index contributed by atoms with van der Waals surface area (Å²) in [4.78, 5) is 0.332. The van der Waals surface area contributed by atoms with Crippen LogP contribution in [0.2, 0.25) is 0 Å². The molecule has 18 heavy (non-hydrogen) atoms. The Balaban J connectivity index is 2.11. The molecule has 0 spiro atoms. The van der Waals surface area contributed by atoms with E-state index in [1.807, 2.05) is 12.1 Å². The topological polar surface area (TPSA) is 46.2 Å². The van der Waals surface area contributed by atoms with E-state index in [1.165, 1.54) is 6.26 Å². The van der Waals surface area contributed by atoms with E-state index in [0.717, 1.165) is 15.0 Å². The molecule has 0 radical (unpaired) electrons. The van der Waals surface area contributed by atoms with Crippen LogP contribution in [0.1, 0.15) is 5.56 Å². The second-order valence-electron chi connectivity index (χ2n) is 3.91. The summed E-state index contributed by atoms with van der Waals surface area (Å²) < 4.78 is 23.9. The van der Waals surface area contributed by atoms with Gasteiger partial charge >= 0.3 is 0 Å². The van der Waals surface area contributed by atoms with Crippen molar-refractivity contribution >= 4 is 42.8 Å². The smallest absolute Gasteiger partial charge is 0.175 e. The zero-order valence-corrected chi connectivity index (χ0v) is 12.9. The van der Waals surface area contributed by atoms with Crippen LogP contribution < -0.4 is 5.32 Å². The molecule has 0 amide bonds. The van der Waals surface area contributed by atoms with Crippen molar-refractivity contribution < 1.29 is 8.42 Å². The van der Waals surface area contributed by atoms with E-state index in [1.54, 1.807) is 29.5 Å². The van der Waals surface area contributed by atoms with E-state index in [4.69, 9.17) is 0 Å². The van der Waals surface area contributed by atoms with Crippen LogP contribution in [0.3, 0.4) is 0 Å². The molecule has 0 saturated carbocycles. The molecule has 0 atom stereocenters. The summed E-state index contributed by atoms with van der Waals surface area (Å²) in [6.07, 6.45) is 1.21. The molecule has 0 aliphatic heterocycles. The first-order valence-electron chi connectivity index (χ1n) is 5.22. The van der Waals surface area contributed by atoms with Crippen molar-refractivity contribution in [2.75, 3.05) is 11.6 Å². The second-order valence-corrected chi connectivity index (χ2v) is 8.22. The number of benzene rings is 1. The van der Waals surface area contributed by atoms with E-state index in [9.17, 15) is 8.42 Å². The number of anilines is 1. The van der Waals surface area contributed by atoms with Crippen molar-refractivity contribution in [3.05, 3.63) is 45.1 Å². The number of hydrogen-bond acceptors (Lipinski definition) is 4. The van der Waals surface area contributed by atoms with Crippen LogP contribution in [-0.4, -0.2) is 14.7 Å². The molecule has 0 saturated heterocycles. The molecule has 3 nitrogen and oxygen atoms in total. The van der Waals surface area contributed by atoms with Crippen molar-refractivity contribution in [3.63, 3.8) is 0 Å². The first kappa shape index (κ1) is 13.6. The maximum Gasteiger partial charge on any atom is 0.175 e. The van der Waals surface area contributed by atoms with Gasteiger partial charge in [-0.15, -0.1) is 11.3 Å². The van der Waals surface area contributed by atoms with E-state index < -0.39 is 9.84 Å². The maximum atomic E-state index is 11.4. The average molecular weight is 346 g/mol. The average Bonchev–Trinajstić information content (AvgIpc) is 2.72. The highest BCUT2D eigenvalue weighted by Crippen LogP contribution is 2.22. The molecule has 2 aromatic rings. The fraction of sp³-hybridized carbons (Fsp3) is 0.167. The molecule has 0 unspecified atom stereocenters. The normalized spacial score (nSPS) is 11.4. The molecule has 0 bridgehead atoms. The SMILES string of the molecule is CS(=O)(=O)c1cccc(NCc2csc(Br)c2)c1. The number of nitrogens with one attached hydrogen (secondary N) is 1. The minimum Gasteiger partial charge on any atom is -0.381 e. The molecule has 2 rings (SSSR count). The van der Waals surface area contributed by atoms with Crippen LogP contribution in [0, 0.1) is 0 Å². The zero-order valence-electron chi connectivity index (χ0n) is 9.68. The lowest BCUT2D eigenvalue weighted by atomic mass is 10.3. The van der Waals surface area contributed by atoms with Gasteiger partial charge in [0.25, 0.3) is 0 Å². The molecular weight excluding hydrogens is 334 g/mol. The van der Waals surface area contributed by atoms with E-state index in [2.05, 4.69) is 26.6 Å². The summed E-state index contributed by atoms with van der Waals surface area (Å²) in [5, 5.41) is 5.26. The highest BCUT2D eigenvalue weighted by molar-refractivity contribution is 9.11. The monoisotopic (exact) mass is 345 g/mol. The standard InChI is InChI=1S/C12H12BrNO2S2/c1-18(15,16)11-4-2-3-10(6-11)14-7-9-5-12(13)17-8-9/h2-6,8,14H,7H2,1H3. The molecule has 96 valence electrons. The second kappa shape index (κ2) is 5.42. The van der Waals surface area contributed by atoms with Gasteiger partial charge in [-0.2, -0.15) is 0 Å². The Morgan fingerprint density at radius 2 is 2.11 bits per heavy atom. The fourth-order valence-electron chi connectivity index (χ4n) is 1.48. The number of halogens is 1. The van der Waals surface area contributed by atoms with Crippen LogP contribution >= 0.6 is 27.3 Å². The predicted molar refractivity (Wildman–Crippen MR) is 78.9 cm³/mol. The van der Waals surface area contributed by atoms with Crippen LogP contribution in [0.25, 0.3) is 0 Å². The van der Waals surface area contributed by atoms with Gasteiger partial charge < -0.3 is 5.32 Å². The lowest BCUT2D eigenvalue weighted by Crippen LogP contribution is -2.01. The third kappa shape index (κ3) is 3.57. The Bertz CT molecular complexity index is 650. The predicted octanol–water partition coefficient (Wildman–Crippen LogP) is 3.53. The van der Waals surface area contributed by atoms with Gasteiger partial charge in [-0.3, -0.25) is 0 Å². The molecule has 1 aromatic heterocycles. The van der Waals surface area contributed by atoms with Gasteiger partial charge in [-0.1, -0.05) is 6.07 Å². The highest BCUT2D eigenvalue weighted by Gasteiger charge is 2.07. The number of hydrogen-bond donors (Lipinski definition) is 1. The van der Waals surface area contributed by atoms with E-state index >= 15 is 0 Å². The van der Waals surface area contributed by atoms with Gasteiger partial charge in [0.1, 0.15) is 0 Å². The minimum absolute atomic E-state index is 0.332.